The Morgan fingerprint density at radius 3 is 2.43 bits per heavy atom. The summed E-state index contributed by atoms with van der Waals surface area (Å²) in [5.41, 5.74) is 4.46. The van der Waals surface area contributed by atoms with Gasteiger partial charge in [-0.1, -0.05) is 43.3 Å². The summed E-state index contributed by atoms with van der Waals surface area (Å²) in [6.07, 6.45) is -0.132. The Balaban J connectivity index is 1.61. The predicted octanol–water partition coefficient (Wildman–Crippen LogP) is 4.49. The molecule has 7 heteroatoms. The molecule has 2 amide bonds. The average molecular weight is 468 g/mol. The number of aliphatic hydroxyl groups is 1. The van der Waals surface area contributed by atoms with Crippen molar-refractivity contribution in [1.82, 2.24) is 14.9 Å². The van der Waals surface area contributed by atoms with Gasteiger partial charge in [-0.3, -0.25) is 14.9 Å². The number of fused-ring (bicyclic) bond motifs is 10. The number of carbonyl (C=O) groups is 2. The topological polar surface area (TPSA) is 96.4 Å². The van der Waals surface area contributed by atoms with Gasteiger partial charge in [-0.15, -0.1) is 0 Å². The second kappa shape index (κ2) is 7.16. The maximum absolute atomic E-state index is 13.1. The molecule has 5 aromatic rings. The van der Waals surface area contributed by atoms with Gasteiger partial charge in [-0.05, 0) is 19.1 Å². The second-order valence-electron chi connectivity index (χ2n) is 9.93. The molecule has 1 fully saturated rings. The van der Waals surface area contributed by atoms with E-state index in [0.717, 1.165) is 43.6 Å². The number of imide groups is 1. The standard InChI is InChI=1S/C28H25N3O4/c1-13-14(2)35-15(11-20(13)32)12-31-19-10-6-4-8-17(19)22-24-23(27(33)30-28(24)34)21-16-7-3-5-9-18(16)29-25(21)26(22)31/h3-10,13-15,20,29,32H,11-12H2,1-2H3,(H,30,33,34)/t13-,14-,15+,20+/m0/s1. The lowest BCUT2D eigenvalue weighted by Gasteiger charge is -2.37. The van der Waals surface area contributed by atoms with Crippen molar-refractivity contribution in [1.29, 1.82) is 0 Å². The second-order valence-corrected chi connectivity index (χ2v) is 9.93. The summed E-state index contributed by atoms with van der Waals surface area (Å²) in [4.78, 5) is 29.7. The van der Waals surface area contributed by atoms with Crippen LogP contribution in [0.5, 0.6) is 0 Å². The molecular weight excluding hydrogens is 442 g/mol. The van der Waals surface area contributed by atoms with Crippen LogP contribution in [0, 0.1) is 5.92 Å². The number of aliphatic hydroxyl groups excluding tert-OH is 1. The average Bonchev–Trinajstić information content (AvgIpc) is 3.47. The Morgan fingerprint density at radius 1 is 0.971 bits per heavy atom. The number of rotatable bonds is 2. The molecule has 0 bridgehead atoms. The number of aromatic amines is 1. The van der Waals surface area contributed by atoms with E-state index in [9.17, 15) is 14.7 Å². The van der Waals surface area contributed by atoms with E-state index in [1.54, 1.807) is 0 Å². The summed E-state index contributed by atoms with van der Waals surface area (Å²) in [6, 6.07) is 15.8. The highest BCUT2D eigenvalue weighted by atomic mass is 16.5. The van der Waals surface area contributed by atoms with Crippen molar-refractivity contribution in [3.05, 3.63) is 59.7 Å². The first-order valence-electron chi connectivity index (χ1n) is 12.1. The fourth-order valence-electron chi connectivity index (χ4n) is 6.12. The number of carbonyl (C=O) groups excluding carboxylic acids is 2. The number of para-hydroxylation sites is 2. The third-order valence-corrected chi connectivity index (χ3v) is 7.99. The van der Waals surface area contributed by atoms with Crippen LogP contribution in [0.4, 0.5) is 0 Å². The van der Waals surface area contributed by atoms with E-state index in [-0.39, 0.29) is 29.9 Å². The largest absolute Gasteiger partial charge is 0.393 e. The normalized spacial score (nSPS) is 24.7. The molecule has 4 heterocycles. The van der Waals surface area contributed by atoms with Gasteiger partial charge in [0.1, 0.15) is 0 Å². The van der Waals surface area contributed by atoms with Crippen LogP contribution in [0.3, 0.4) is 0 Å². The number of H-pyrrole nitrogens is 1. The number of nitrogens with zero attached hydrogens (tertiary/aromatic N) is 1. The zero-order valence-electron chi connectivity index (χ0n) is 19.5. The first-order chi connectivity index (χ1) is 16.9. The minimum absolute atomic E-state index is 0.0578. The highest BCUT2D eigenvalue weighted by molar-refractivity contribution is 6.39. The first kappa shape index (κ1) is 20.7. The molecule has 0 saturated carbocycles. The van der Waals surface area contributed by atoms with Gasteiger partial charge in [0.15, 0.2) is 0 Å². The van der Waals surface area contributed by atoms with Gasteiger partial charge in [0.25, 0.3) is 11.8 Å². The molecule has 1 saturated heterocycles. The number of hydrogen-bond donors (Lipinski definition) is 3. The lowest BCUT2D eigenvalue weighted by atomic mass is 9.91. The third kappa shape index (κ3) is 2.73. The third-order valence-electron chi connectivity index (χ3n) is 7.99. The van der Waals surface area contributed by atoms with Gasteiger partial charge >= 0.3 is 0 Å². The Labute approximate surface area is 200 Å². The SMILES string of the molecule is C[C@@H]1[C@H](O)C[C@H](Cn2c3ccccc3c3c4c(c5c6ccccc6[nH]c5c32)C(=O)NC4=O)O[C@H]1C. The van der Waals surface area contributed by atoms with Crippen LogP contribution in [0.25, 0.3) is 43.6 Å². The molecular formula is C28H25N3O4. The van der Waals surface area contributed by atoms with E-state index in [0.29, 0.717) is 24.1 Å². The summed E-state index contributed by atoms with van der Waals surface area (Å²) in [7, 11) is 0. The van der Waals surface area contributed by atoms with Crippen molar-refractivity contribution >= 4 is 55.4 Å². The molecule has 0 aliphatic carbocycles. The number of ether oxygens (including phenoxy) is 1. The van der Waals surface area contributed by atoms with Crippen molar-refractivity contribution < 1.29 is 19.4 Å². The zero-order chi connectivity index (χ0) is 24.0. The molecule has 3 aromatic carbocycles. The van der Waals surface area contributed by atoms with Crippen LogP contribution in [-0.4, -0.2) is 44.8 Å². The number of nitrogens with one attached hydrogen (secondary N) is 2. The maximum Gasteiger partial charge on any atom is 0.259 e. The summed E-state index contributed by atoms with van der Waals surface area (Å²) >= 11 is 0. The molecule has 35 heavy (non-hydrogen) atoms. The van der Waals surface area contributed by atoms with Crippen molar-refractivity contribution in [2.45, 2.75) is 45.1 Å². The van der Waals surface area contributed by atoms with Crippen LogP contribution in [0.1, 0.15) is 41.0 Å². The molecule has 2 aliphatic rings. The number of aromatic nitrogens is 2. The molecule has 7 rings (SSSR count). The number of hydrogen-bond acceptors (Lipinski definition) is 4. The highest BCUT2D eigenvalue weighted by Crippen LogP contribution is 2.43. The van der Waals surface area contributed by atoms with Gasteiger partial charge < -0.3 is 19.4 Å². The summed E-state index contributed by atoms with van der Waals surface area (Å²) in [5.74, 6) is -0.653. The molecule has 2 aliphatic heterocycles. The monoisotopic (exact) mass is 467 g/mol. The van der Waals surface area contributed by atoms with Gasteiger partial charge in [0.05, 0.1) is 40.5 Å². The first-order valence-corrected chi connectivity index (χ1v) is 12.1. The lowest BCUT2D eigenvalue weighted by molar-refractivity contribution is -0.126. The maximum atomic E-state index is 13.1. The summed E-state index contributed by atoms with van der Waals surface area (Å²) in [5, 5.41) is 16.5. The Morgan fingerprint density at radius 2 is 1.66 bits per heavy atom. The number of amides is 2. The summed E-state index contributed by atoms with van der Waals surface area (Å²) in [6.45, 7) is 4.54. The van der Waals surface area contributed by atoms with Crippen LogP contribution in [0.15, 0.2) is 48.5 Å². The molecule has 4 atom stereocenters. The Kier molecular flexibility index (Phi) is 4.23. The van der Waals surface area contributed by atoms with E-state index in [2.05, 4.69) is 14.9 Å². The van der Waals surface area contributed by atoms with Gasteiger partial charge in [0, 0.05) is 51.5 Å². The van der Waals surface area contributed by atoms with E-state index in [1.165, 1.54) is 0 Å². The zero-order valence-corrected chi connectivity index (χ0v) is 19.5. The smallest absolute Gasteiger partial charge is 0.259 e. The van der Waals surface area contributed by atoms with Crippen molar-refractivity contribution in [3.8, 4) is 0 Å². The van der Waals surface area contributed by atoms with Crippen LogP contribution in [0.2, 0.25) is 0 Å². The lowest BCUT2D eigenvalue weighted by Crippen LogP contribution is -2.42. The van der Waals surface area contributed by atoms with E-state index >= 15 is 0 Å². The van der Waals surface area contributed by atoms with E-state index in [4.69, 9.17) is 4.74 Å². The molecule has 0 unspecified atom stereocenters. The van der Waals surface area contributed by atoms with Crippen molar-refractivity contribution in [2.24, 2.45) is 5.92 Å². The number of benzene rings is 3. The molecule has 0 spiro atoms. The highest BCUT2D eigenvalue weighted by Gasteiger charge is 2.37. The fourth-order valence-corrected chi connectivity index (χ4v) is 6.12. The molecule has 0 radical (unpaired) electrons. The van der Waals surface area contributed by atoms with Crippen molar-refractivity contribution in [2.75, 3.05) is 0 Å². The molecule has 176 valence electrons. The van der Waals surface area contributed by atoms with E-state index < -0.39 is 6.10 Å². The van der Waals surface area contributed by atoms with Gasteiger partial charge in [0.2, 0.25) is 0 Å². The molecule has 2 aromatic heterocycles. The summed E-state index contributed by atoms with van der Waals surface area (Å²) < 4.78 is 8.51. The van der Waals surface area contributed by atoms with Crippen molar-refractivity contribution in [3.63, 3.8) is 0 Å². The molecule has 7 nitrogen and oxygen atoms in total. The van der Waals surface area contributed by atoms with Crippen LogP contribution >= 0.6 is 0 Å². The Bertz CT molecular complexity index is 1700. The van der Waals surface area contributed by atoms with Crippen LogP contribution in [-0.2, 0) is 11.3 Å². The Hall–Kier alpha value is -3.68. The van der Waals surface area contributed by atoms with Gasteiger partial charge in [-0.2, -0.15) is 0 Å². The quantitative estimate of drug-likeness (QED) is 0.334. The molecule has 3 N–H and O–H groups in total. The van der Waals surface area contributed by atoms with Crippen LogP contribution < -0.4 is 5.32 Å². The minimum Gasteiger partial charge on any atom is -0.393 e. The van der Waals surface area contributed by atoms with E-state index in [1.807, 2.05) is 62.4 Å². The fraction of sp³-hybridized carbons (Fsp3) is 0.286. The minimum atomic E-state index is -0.433. The van der Waals surface area contributed by atoms with Gasteiger partial charge in [-0.25, -0.2) is 0 Å². The predicted molar refractivity (Wildman–Crippen MR) is 135 cm³/mol.